The SMILES string of the molecule is COc1cnn(CCN(C)C)c1C(NN)c1ccc(C)s1. The van der Waals surface area contributed by atoms with Gasteiger partial charge in [-0.25, -0.2) is 5.43 Å². The highest BCUT2D eigenvalue weighted by Gasteiger charge is 2.23. The quantitative estimate of drug-likeness (QED) is 0.597. The molecule has 2 aromatic heterocycles. The standard InChI is InChI=1S/C14H23N5OS/c1-10-5-6-12(21-10)13(17-15)14-11(20-4)9-16-19(14)8-7-18(2)3/h5-6,9,13,17H,7-8,15H2,1-4H3. The van der Waals surface area contributed by atoms with E-state index in [0.717, 1.165) is 29.4 Å². The highest BCUT2D eigenvalue weighted by atomic mass is 32.1. The summed E-state index contributed by atoms with van der Waals surface area (Å²) in [4.78, 5) is 4.53. The van der Waals surface area contributed by atoms with Crippen LogP contribution in [0.5, 0.6) is 5.75 Å². The van der Waals surface area contributed by atoms with Crippen LogP contribution in [0, 0.1) is 6.92 Å². The molecule has 7 heteroatoms. The van der Waals surface area contributed by atoms with Crippen molar-refractivity contribution >= 4 is 11.3 Å². The molecule has 0 spiro atoms. The monoisotopic (exact) mass is 309 g/mol. The molecule has 3 N–H and O–H groups in total. The number of hydrazine groups is 1. The van der Waals surface area contributed by atoms with Crippen molar-refractivity contribution in [1.82, 2.24) is 20.1 Å². The van der Waals surface area contributed by atoms with Crippen molar-refractivity contribution in [1.29, 1.82) is 0 Å². The Kier molecular flexibility index (Phi) is 5.35. The fourth-order valence-corrected chi connectivity index (χ4v) is 3.14. The van der Waals surface area contributed by atoms with E-state index >= 15 is 0 Å². The molecule has 2 heterocycles. The van der Waals surface area contributed by atoms with E-state index in [4.69, 9.17) is 10.6 Å². The maximum absolute atomic E-state index is 5.80. The highest BCUT2D eigenvalue weighted by Crippen LogP contribution is 2.33. The molecule has 0 aromatic carbocycles. The lowest BCUT2D eigenvalue weighted by molar-refractivity contribution is 0.360. The fraction of sp³-hybridized carbons (Fsp3) is 0.500. The van der Waals surface area contributed by atoms with Crippen LogP contribution in [0.3, 0.4) is 0 Å². The van der Waals surface area contributed by atoms with Crippen molar-refractivity contribution in [3.8, 4) is 5.75 Å². The van der Waals surface area contributed by atoms with Crippen molar-refractivity contribution in [2.45, 2.75) is 19.5 Å². The Bertz CT molecular complexity index is 578. The van der Waals surface area contributed by atoms with Gasteiger partial charge < -0.3 is 9.64 Å². The molecule has 0 aliphatic rings. The Balaban J connectivity index is 2.36. The first kappa shape index (κ1) is 16.0. The normalized spacial score (nSPS) is 12.9. The van der Waals surface area contributed by atoms with E-state index in [1.807, 2.05) is 18.8 Å². The van der Waals surface area contributed by atoms with E-state index in [9.17, 15) is 0 Å². The van der Waals surface area contributed by atoms with Gasteiger partial charge in [0.15, 0.2) is 5.75 Å². The van der Waals surface area contributed by atoms with Gasteiger partial charge in [-0.2, -0.15) is 5.10 Å². The first-order valence-electron chi connectivity index (χ1n) is 6.83. The number of hydrogen-bond donors (Lipinski definition) is 2. The van der Waals surface area contributed by atoms with E-state index in [1.165, 1.54) is 4.88 Å². The smallest absolute Gasteiger partial charge is 0.162 e. The number of aromatic nitrogens is 2. The molecule has 0 fully saturated rings. The van der Waals surface area contributed by atoms with Crippen LogP contribution >= 0.6 is 11.3 Å². The fourth-order valence-electron chi connectivity index (χ4n) is 2.20. The van der Waals surface area contributed by atoms with E-state index in [1.54, 1.807) is 24.6 Å². The molecule has 21 heavy (non-hydrogen) atoms. The lowest BCUT2D eigenvalue weighted by Gasteiger charge is -2.19. The average molecular weight is 309 g/mol. The molecule has 0 saturated heterocycles. The summed E-state index contributed by atoms with van der Waals surface area (Å²) in [6.07, 6.45) is 1.75. The van der Waals surface area contributed by atoms with E-state index in [-0.39, 0.29) is 6.04 Å². The molecular formula is C14H23N5OS. The molecule has 0 aliphatic heterocycles. The highest BCUT2D eigenvalue weighted by molar-refractivity contribution is 7.12. The largest absolute Gasteiger partial charge is 0.493 e. The zero-order valence-corrected chi connectivity index (χ0v) is 13.8. The minimum Gasteiger partial charge on any atom is -0.493 e. The third-order valence-corrected chi connectivity index (χ3v) is 4.38. The van der Waals surface area contributed by atoms with Gasteiger partial charge in [0.05, 0.1) is 19.9 Å². The van der Waals surface area contributed by atoms with Gasteiger partial charge in [-0.05, 0) is 33.2 Å². The Morgan fingerprint density at radius 1 is 1.48 bits per heavy atom. The number of thiophene rings is 1. The molecule has 0 bridgehead atoms. The van der Waals surface area contributed by atoms with Gasteiger partial charge in [0.25, 0.3) is 0 Å². The molecule has 2 aromatic rings. The summed E-state index contributed by atoms with van der Waals surface area (Å²) < 4.78 is 7.41. The summed E-state index contributed by atoms with van der Waals surface area (Å²) >= 11 is 1.72. The van der Waals surface area contributed by atoms with Crippen molar-refractivity contribution in [3.05, 3.63) is 33.8 Å². The second-order valence-electron chi connectivity index (χ2n) is 5.17. The van der Waals surface area contributed by atoms with Crippen LogP contribution in [-0.4, -0.2) is 42.4 Å². The Morgan fingerprint density at radius 2 is 2.24 bits per heavy atom. The van der Waals surface area contributed by atoms with Crippen molar-refractivity contribution < 1.29 is 4.74 Å². The zero-order chi connectivity index (χ0) is 15.4. The molecule has 0 saturated carbocycles. The van der Waals surface area contributed by atoms with Crippen LogP contribution in [0.4, 0.5) is 0 Å². The summed E-state index contributed by atoms with van der Waals surface area (Å²) in [5.74, 6) is 6.56. The van der Waals surface area contributed by atoms with Gasteiger partial charge in [-0.1, -0.05) is 0 Å². The predicted octanol–water partition coefficient (Wildman–Crippen LogP) is 1.38. The third kappa shape index (κ3) is 3.62. The number of ether oxygens (including phenoxy) is 1. The Morgan fingerprint density at radius 3 is 2.76 bits per heavy atom. The van der Waals surface area contributed by atoms with Crippen LogP contribution < -0.4 is 16.0 Å². The lowest BCUT2D eigenvalue weighted by Crippen LogP contribution is -2.31. The van der Waals surface area contributed by atoms with Crippen molar-refractivity contribution in [3.63, 3.8) is 0 Å². The second kappa shape index (κ2) is 7.04. The Hall–Kier alpha value is -1.41. The van der Waals surface area contributed by atoms with Gasteiger partial charge in [-0.15, -0.1) is 11.3 Å². The van der Waals surface area contributed by atoms with Crippen LogP contribution in [0.15, 0.2) is 18.3 Å². The topological polar surface area (TPSA) is 68.3 Å². The maximum atomic E-state index is 5.80. The zero-order valence-electron chi connectivity index (χ0n) is 13.0. The number of hydrogen-bond acceptors (Lipinski definition) is 6. The maximum Gasteiger partial charge on any atom is 0.162 e. The molecule has 2 rings (SSSR count). The number of likely N-dealkylation sites (N-methyl/N-ethyl adjacent to an activating group) is 1. The van der Waals surface area contributed by atoms with Gasteiger partial charge in [0.1, 0.15) is 11.7 Å². The van der Waals surface area contributed by atoms with Crippen LogP contribution in [0.25, 0.3) is 0 Å². The first-order chi connectivity index (χ1) is 10.1. The van der Waals surface area contributed by atoms with Crippen molar-refractivity contribution in [2.75, 3.05) is 27.7 Å². The summed E-state index contributed by atoms with van der Waals surface area (Å²) in [7, 11) is 5.74. The molecular weight excluding hydrogens is 286 g/mol. The molecule has 0 amide bonds. The van der Waals surface area contributed by atoms with Crippen molar-refractivity contribution in [2.24, 2.45) is 5.84 Å². The molecule has 1 atom stereocenters. The summed E-state index contributed by atoms with van der Waals surface area (Å²) in [6, 6.07) is 4.06. The van der Waals surface area contributed by atoms with E-state index < -0.39 is 0 Å². The van der Waals surface area contributed by atoms with Gasteiger partial charge in [-0.3, -0.25) is 10.5 Å². The second-order valence-corrected chi connectivity index (χ2v) is 6.49. The van der Waals surface area contributed by atoms with E-state index in [2.05, 4.69) is 34.5 Å². The summed E-state index contributed by atoms with van der Waals surface area (Å²) in [6.45, 7) is 3.77. The average Bonchev–Trinajstić information content (AvgIpc) is 3.05. The van der Waals surface area contributed by atoms with Gasteiger partial charge in [0, 0.05) is 16.3 Å². The number of nitrogens with zero attached hydrogens (tertiary/aromatic N) is 3. The number of nitrogens with one attached hydrogen (secondary N) is 1. The van der Waals surface area contributed by atoms with Crippen LogP contribution in [-0.2, 0) is 6.54 Å². The molecule has 0 aliphatic carbocycles. The lowest BCUT2D eigenvalue weighted by atomic mass is 10.1. The number of aryl methyl sites for hydroxylation is 1. The first-order valence-corrected chi connectivity index (χ1v) is 7.65. The number of rotatable bonds is 7. The molecule has 6 nitrogen and oxygen atoms in total. The van der Waals surface area contributed by atoms with Gasteiger partial charge >= 0.3 is 0 Å². The van der Waals surface area contributed by atoms with Gasteiger partial charge in [0.2, 0.25) is 0 Å². The van der Waals surface area contributed by atoms with E-state index in [0.29, 0.717) is 0 Å². The van der Waals surface area contributed by atoms with Crippen LogP contribution in [0.1, 0.15) is 21.5 Å². The third-order valence-electron chi connectivity index (χ3n) is 3.31. The minimum atomic E-state index is -0.122. The molecule has 116 valence electrons. The predicted molar refractivity (Wildman–Crippen MR) is 85.6 cm³/mol. The van der Waals surface area contributed by atoms with Crippen LogP contribution in [0.2, 0.25) is 0 Å². The Labute approximate surface area is 129 Å². The molecule has 0 radical (unpaired) electrons. The summed E-state index contributed by atoms with van der Waals surface area (Å²) in [5, 5.41) is 4.43. The molecule has 1 unspecified atom stereocenters. The number of nitrogens with two attached hydrogens (primary N) is 1. The summed E-state index contributed by atoms with van der Waals surface area (Å²) in [5.41, 5.74) is 3.85. The minimum absolute atomic E-state index is 0.122. The number of methoxy groups -OCH3 is 1.